The molecule has 0 bridgehead atoms. The van der Waals surface area contributed by atoms with Crippen LogP contribution >= 0.6 is 0 Å². The van der Waals surface area contributed by atoms with E-state index in [-0.39, 0.29) is 17.9 Å². The highest BCUT2D eigenvalue weighted by Gasteiger charge is 2.47. The quantitative estimate of drug-likeness (QED) is 0.403. The van der Waals surface area contributed by atoms with Gasteiger partial charge in [0.05, 0.1) is 39.5 Å². The Morgan fingerprint density at radius 1 is 0.944 bits per heavy atom. The Balaban J connectivity index is 1.57. The smallest absolute Gasteiger partial charge is 0.259 e. The van der Waals surface area contributed by atoms with Crippen molar-refractivity contribution in [3.05, 3.63) is 82.5 Å². The molecule has 7 heteroatoms. The van der Waals surface area contributed by atoms with E-state index in [1.807, 2.05) is 42.2 Å². The first kappa shape index (κ1) is 22.3. The summed E-state index contributed by atoms with van der Waals surface area (Å²) in [6.45, 7) is 3.03. The standard InChI is InChI=1S/C29H28N2O5/c1-5-36-21-12-10-16(14-23(21)34-3)19-15-31-27(26-24(19)17-8-6-7-9-20(17)30-26)18-11-13-22(33-2)28(35-4)25(18)29(31)32/h6-14,19,27,30H,5,15H2,1-4H3/t19-,27+/m1/s1. The van der Waals surface area contributed by atoms with Crippen molar-refractivity contribution in [2.45, 2.75) is 18.9 Å². The molecule has 3 heterocycles. The van der Waals surface area contributed by atoms with Crippen LogP contribution in [-0.4, -0.2) is 50.3 Å². The molecule has 4 aromatic rings. The first-order chi connectivity index (χ1) is 17.6. The van der Waals surface area contributed by atoms with Gasteiger partial charge in [-0.2, -0.15) is 0 Å². The van der Waals surface area contributed by atoms with E-state index in [1.54, 1.807) is 21.3 Å². The van der Waals surface area contributed by atoms with Gasteiger partial charge in [-0.3, -0.25) is 4.79 Å². The molecule has 3 aromatic carbocycles. The number of carbonyl (C=O) groups excluding carboxylic acids is 1. The number of carbonyl (C=O) groups is 1. The number of para-hydroxylation sites is 1. The maximum absolute atomic E-state index is 13.9. The number of nitrogens with zero attached hydrogens (tertiary/aromatic N) is 1. The molecule has 0 unspecified atom stereocenters. The van der Waals surface area contributed by atoms with Crippen LogP contribution in [-0.2, 0) is 0 Å². The lowest BCUT2D eigenvalue weighted by Gasteiger charge is -2.36. The van der Waals surface area contributed by atoms with Gasteiger partial charge in [0.15, 0.2) is 23.0 Å². The van der Waals surface area contributed by atoms with Crippen molar-refractivity contribution >= 4 is 16.8 Å². The molecule has 7 nitrogen and oxygen atoms in total. The van der Waals surface area contributed by atoms with E-state index in [9.17, 15) is 4.79 Å². The number of nitrogens with one attached hydrogen (secondary N) is 1. The molecule has 0 saturated carbocycles. The van der Waals surface area contributed by atoms with E-state index in [1.165, 1.54) is 5.56 Å². The molecule has 6 rings (SSSR count). The summed E-state index contributed by atoms with van der Waals surface area (Å²) < 4.78 is 22.6. The Kier molecular flexibility index (Phi) is 5.29. The minimum Gasteiger partial charge on any atom is -0.493 e. The number of aromatic nitrogens is 1. The number of hydrogen-bond donors (Lipinski definition) is 1. The molecule has 2 aliphatic rings. The minimum absolute atomic E-state index is 0.0527. The molecule has 0 saturated heterocycles. The second-order valence-electron chi connectivity index (χ2n) is 9.02. The lowest BCUT2D eigenvalue weighted by atomic mass is 9.83. The van der Waals surface area contributed by atoms with Crippen LogP contribution < -0.4 is 18.9 Å². The number of hydrogen-bond acceptors (Lipinski definition) is 5. The summed E-state index contributed by atoms with van der Waals surface area (Å²) in [4.78, 5) is 19.5. The molecule has 1 aromatic heterocycles. The summed E-state index contributed by atoms with van der Waals surface area (Å²) >= 11 is 0. The third-order valence-electron chi connectivity index (χ3n) is 7.33. The second-order valence-corrected chi connectivity index (χ2v) is 9.02. The first-order valence-electron chi connectivity index (χ1n) is 12.1. The molecule has 184 valence electrons. The number of amides is 1. The number of ether oxygens (including phenoxy) is 4. The maximum Gasteiger partial charge on any atom is 0.259 e. The first-order valence-corrected chi connectivity index (χ1v) is 12.1. The maximum atomic E-state index is 13.9. The SMILES string of the molecule is CCOc1ccc([C@H]2CN3C(=O)c4c(ccc(OC)c4OC)[C@H]3c3[nH]c4ccccc4c32)cc1OC. The van der Waals surface area contributed by atoms with Gasteiger partial charge in [0.1, 0.15) is 0 Å². The van der Waals surface area contributed by atoms with Crippen molar-refractivity contribution < 1.29 is 23.7 Å². The summed E-state index contributed by atoms with van der Waals surface area (Å²) in [5.41, 5.74) is 5.83. The fourth-order valence-corrected chi connectivity index (χ4v) is 5.83. The number of benzene rings is 3. The monoisotopic (exact) mass is 484 g/mol. The minimum atomic E-state index is -0.226. The number of rotatable bonds is 6. The van der Waals surface area contributed by atoms with Crippen LogP contribution in [0, 0.1) is 0 Å². The van der Waals surface area contributed by atoms with Crippen LogP contribution in [0.25, 0.3) is 10.9 Å². The summed E-state index contributed by atoms with van der Waals surface area (Å²) in [7, 11) is 4.81. The van der Waals surface area contributed by atoms with E-state index in [2.05, 4.69) is 29.2 Å². The topological polar surface area (TPSA) is 73.0 Å². The lowest BCUT2D eigenvalue weighted by Crippen LogP contribution is -2.37. The van der Waals surface area contributed by atoms with Crippen LogP contribution in [0.5, 0.6) is 23.0 Å². The molecule has 1 amide bonds. The molecule has 2 atom stereocenters. The molecule has 0 spiro atoms. The molecule has 1 N–H and O–H groups in total. The van der Waals surface area contributed by atoms with Crippen molar-refractivity contribution in [1.82, 2.24) is 9.88 Å². The Bertz CT molecular complexity index is 1490. The number of aromatic amines is 1. The number of H-pyrrole nitrogens is 1. The van der Waals surface area contributed by atoms with Gasteiger partial charge in [-0.05, 0) is 47.9 Å². The number of fused-ring (bicyclic) bond motifs is 7. The fourth-order valence-electron chi connectivity index (χ4n) is 5.83. The molecule has 2 aliphatic heterocycles. The van der Waals surface area contributed by atoms with E-state index in [0.29, 0.717) is 41.7 Å². The Morgan fingerprint density at radius 3 is 2.47 bits per heavy atom. The Labute approximate surface area is 209 Å². The zero-order valence-electron chi connectivity index (χ0n) is 20.8. The van der Waals surface area contributed by atoms with E-state index >= 15 is 0 Å². The van der Waals surface area contributed by atoms with Crippen LogP contribution in [0.15, 0.2) is 54.6 Å². The van der Waals surface area contributed by atoms with Gasteiger partial charge >= 0.3 is 0 Å². The van der Waals surface area contributed by atoms with Gasteiger partial charge in [0.2, 0.25) is 0 Å². The zero-order chi connectivity index (χ0) is 25.0. The van der Waals surface area contributed by atoms with Gasteiger partial charge in [-0.25, -0.2) is 0 Å². The molecule has 0 fully saturated rings. The van der Waals surface area contributed by atoms with Gasteiger partial charge in [0.25, 0.3) is 5.91 Å². The fraction of sp³-hybridized carbons (Fsp3) is 0.276. The second kappa shape index (κ2) is 8.52. The average molecular weight is 485 g/mol. The molecule has 36 heavy (non-hydrogen) atoms. The summed E-state index contributed by atoms with van der Waals surface area (Å²) in [6, 6.07) is 18.0. The van der Waals surface area contributed by atoms with Gasteiger partial charge in [-0.15, -0.1) is 0 Å². The Morgan fingerprint density at radius 2 is 1.72 bits per heavy atom. The van der Waals surface area contributed by atoms with Gasteiger partial charge < -0.3 is 28.8 Å². The van der Waals surface area contributed by atoms with E-state index in [0.717, 1.165) is 27.7 Å². The van der Waals surface area contributed by atoms with Crippen molar-refractivity contribution in [2.75, 3.05) is 34.5 Å². The summed E-state index contributed by atoms with van der Waals surface area (Å²) in [5, 5.41) is 1.16. The molecular formula is C29H28N2O5. The van der Waals surface area contributed by atoms with Crippen molar-refractivity contribution in [2.24, 2.45) is 0 Å². The third kappa shape index (κ3) is 3.08. The lowest BCUT2D eigenvalue weighted by molar-refractivity contribution is 0.0725. The third-order valence-corrected chi connectivity index (χ3v) is 7.33. The van der Waals surface area contributed by atoms with Crippen molar-refractivity contribution in [3.8, 4) is 23.0 Å². The normalized spacial score (nSPS) is 18.0. The van der Waals surface area contributed by atoms with Crippen molar-refractivity contribution in [3.63, 3.8) is 0 Å². The van der Waals surface area contributed by atoms with E-state index in [4.69, 9.17) is 18.9 Å². The van der Waals surface area contributed by atoms with Gasteiger partial charge in [-0.1, -0.05) is 30.3 Å². The highest BCUT2D eigenvalue weighted by molar-refractivity contribution is 6.04. The Hall–Kier alpha value is -4.13. The largest absolute Gasteiger partial charge is 0.493 e. The zero-order valence-corrected chi connectivity index (χ0v) is 20.8. The van der Waals surface area contributed by atoms with Crippen LogP contribution in [0.3, 0.4) is 0 Å². The number of methoxy groups -OCH3 is 3. The van der Waals surface area contributed by atoms with E-state index < -0.39 is 0 Å². The van der Waals surface area contributed by atoms with Crippen LogP contribution in [0.2, 0.25) is 0 Å². The van der Waals surface area contributed by atoms with Crippen LogP contribution in [0.4, 0.5) is 0 Å². The van der Waals surface area contributed by atoms with Gasteiger partial charge in [0, 0.05) is 29.1 Å². The predicted octanol–water partition coefficient (Wildman–Crippen LogP) is 5.28. The summed E-state index contributed by atoms with van der Waals surface area (Å²) in [6.07, 6.45) is 0. The molecular weight excluding hydrogens is 456 g/mol. The highest BCUT2D eigenvalue weighted by Crippen LogP contribution is 2.52. The van der Waals surface area contributed by atoms with Crippen molar-refractivity contribution in [1.29, 1.82) is 0 Å². The molecule has 0 aliphatic carbocycles. The summed E-state index contributed by atoms with van der Waals surface area (Å²) in [5.74, 6) is 2.31. The highest BCUT2D eigenvalue weighted by atomic mass is 16.5. The predicted molar refractivity (Wildman–Crippen MR) is 137 cm³/mol. The molecule has 0 radical (unpaired) electrons. The average Bonchev–Trinajstić information content (AvgIpc) is 3.43. The van der Waals surface area contributed by atoms with Crippen LogP contribution in [0.1, 0.15) is 51.6 Å².